The van der Waals surface area contributed by atoms with Crippen molar-refractivity contribution in [1.29, 1.82) is 0 Å². The SMILES string of the molecule is C=C(C)Cn1nc(C(=O)O)c2ccccc2c1=O. The van der Waals surface area contributed by atoms with Crippen LogP contribution in [-0.2, 0) is 6.54 Å². The Kier molecular flexibility index (Phi) is 2.97. The van der Waals surface area contributed by atoms with Crippen LogP contribution in [0.4, 0.5) is 0 Å². The first-order valence-corrected chi connectivity index (χ1v) is 5.38. The first kappa shape index (κ1) is 12.0. The van der Waals surface area contributed by atoms with Crippen LogP contribution in [0.1, 0.15) is 17.4 Å². The lowest BCUT2D eigenvalue weighted by Gasteiger charge is -2.08. The Bertz CT molecular complexity index is 701. The second-order valence-corrected chi connectivity index (χ2v) is 4.12. The van der Waals surface area contributed by atoms with Crippen LogP contribution >= 0.6 is 0 Å². The topological polar surface area (TPSA) is 72.2 Å². The fourth-order valence-corrected chi connectivity index (χ4v) is 1.76. The van der Waals surface area contributed by atoms with E-state index in [1.165, 1.54) is 0 Å². The van der Waals surface area contributed by atoms with Crippen LogP contribution < -0.4 is 5.56 Å². The van der Waals surface area contributed by atoms with Gasteiger partial charge in [-0.25, -0.2) is 9.48 Å². The molecule has 5 nitrogen and oxygen atoms in total. The number of nitrogens with zero attached hydrogens (tertiary/aromatic N) is 2. The molecule has 0 atom stereocenters. The number of carbonyl (C=O) groups is 1. The minimum absolute atomic E-state index is 0.119. The van der Waals surface area contributed by atoms with Crippen molar-refractivity contribution >= 4 is 16.7 Å². The smallest absolute Gasteiger partial charge is 0.357 e. The van der Waals surface area contributed by atoms with E-state index in [0.29, 0.717) is 10.8 Å². The Morgan fingerprint density at radius 1 is 1.39 bits per heavy atom. The van der Waals surface area contributed by atoms with Crippen LogP contribution in [0.5, 0.6) is 0 Å². The summed E-state index contributed by atoms with van der Waals surface area (Å²) in [5, 5.41) is 13.7. The summed E-state index contributed by atoms with van der Waals surface area (Å²) in [5.74, 6) is -1.15. The minimum Gasteiger partial charge on any atom is -0.476 e. The number of allylic oxidation sites excluding steroid dienone is 1. The lowest BCUT2D eigenvalue weighted by Crippen LogP contribution is -2.26. The monoisotopic (exact) mass is 244 g/mol. The van der Waals surface area contributed by atoms with Crippen molar-refractivity contribution in [2.75, 3.05) is 0 Å². The maximum Gasteiger partial charge on any atom is 0.357 e. The maximum atomic E-state index is 12.1. The molecule has 0 saturated heterocycles. The van der Waals surface area contributed by atoms with Gasteiger partial charge in [0, 0.05) is 5.39 Å². The minimum atomic E-state index is -1.15. The number of benzene rings is 1. The van der Waals surface area contributed by atoms with Crippen LogP contribution in [0, 0.1) is 0 Å². The van der Waals surface area contributed by atoms with Gasteiger partial charge in [0.15, 0.2) is 5.69 Å². The van der Waals surface area contributed by atoms with E-state index < -0.39 is 5.97 Å². The maximum absolute atomic E-state index is 12.1. The van der Waals surface area contributed by atoms with Crippen LogP contribution in [0.2, 0.25) is 0 Å². The highest BCUT2D eigenvalue weighted by molar-refractivity contribution is 6.01. The number of aromatic carboxylic acids is 1. The summed E-state index contributed by atoms with van der Waals surface area (Å²) in [6.07, 6.45) is 0. The molecular weight excluding hydrogens is 232 g/mol. The lowest BCUT2D eigenvalue weighted by atomic mass is 10.1. The van der Waals surface area contributed by atoms with E-state index >= 15 is 0 Å². The van der Waals surface area contributed by atoms with Gasteiger partial charge in [0.2, 0.25) is 0 Å². The van der Waals surface area contributed by atoms with Crippen molar-refractivity contribution in [3.63, 3.8) is 0 Å². The summed E-state index contributed by atoms with van der Waals surface area (Å²) in [6.45, 7) is 5.66. The molecule has 2 aromatic rings. The number of hydrogen-bond donors (Lipinski definition) is 1. The van der Waals surface area contributed by atoms with Gasteiger partial charge in [-0.1, -0.05) is 30.4 Å². The molecule has 1 aromatic carbocycles. The summed E-state index contributed by atoms with van der Waals surface area (Å²) < 4.78 is 1.13. The van der Waals surface area contributed by atoms with E-state index in [1.807, 2.05) is 0 Å². The first-order chi connectivity index (χ1) is 8.50. The number of fused-ring (bicyclic) bond motifs is 1. The second-order valence-electron chi connectivity index (χ2n) is 4.12. The molecule has 0 radical (unpaired) electrons. The largest absolute Gasteiger partial charge is 0.476 e. The van der Waals surface area contributed by atoms with Gasteiger partial charge < -0.3 is 5.11 Å². The molecule has 1 heterocycles. The highest BCUT2D eigenvalue weighted by Crippen LogP contribution is 2.13. The number of aromatic nitrogens is 2. The summed E-state index contributed by atoms with van der Waals surface area (Å²) in [4.78, 5) is 23.3. The molecule has 0 amide bonds. The molecule has 18 heavy (non-hydrogen) atoms. The zero-order valence-corrected chi connectivity index (χ0v) is 9.88. The van der Waals surface area contributed by atoms with E-state index in [0.717, 1.165) is 10.3 Å². The van der Waals surface area contributed by atoms with Crippen LogP contribution in [0.25, 0.3) is 10.8 Å². The third-order valence-corrected chi connectivity index (χ3v) is 2.49. The molecule has 1 N–H and O–H groups in total. The van der Waals surface area contributed by atoms with Crippen molar-refractivity contribution in [2.45, 2.75) is 13.5 Å². The average molecular weight is 244 g/mol. The van der Waals surface area contributed by atoms with Crippen molar-refractivity contribution in [3.05, 3.63) is 52.5 Å². The normalized spacial score (nSPS) is 10.5. The van der Waals surface area contributed by atoms with Gasteiger partial charge in [0.05, 0.1) is 11.9 Å². The third kappa shape index (κ3) is 2.02. The lowest BCUT2D eigenvalue weighted by molar-refractivity contribution is 0.0690. The Labute approximate surface area is 103 Å². The van der Waals surface area contributed by atoms with Gasteiger partial charge in [0.25, 0.3) is 5.56 Å². The molecule has 0 bridgehead atoms. The Morgan fingerprint density at radius 2 is 2.00 bits per heavy atom. The van der Waals surface area contributed by atoms with E-state index in [9.17, 15) is 9.59 Å². The van der Waals surface area contributed by atoms with Gasteiger partial charge in [-0.3, -0.25) is 4.79 Å². The average Bonchev–Trinajstić information content (AvgIpc) is 2.32. The molecule has 5 heteroatoms. The number of hydrogen-bond acceptors (Lipinski definition) is 3. The van der Waals surface area contributed by atoms with Gasteiger partial charge in [0.1, 0.15) is 0 Å². The summed E-state index contributed by atoms with van der Waals surface area (Å²) >= 11 is 0. The number of carboxylic acid groups (broad SMARTS) is 1. The van der Waals surface area contributed by atoms with Crippen LogP contribution in [-0.4, -0.2) is 20.9 Å². The van der Waals surface area contributed by atoms with Gasteiger partial charge in [-0.05, 0) is 13.0 Å². The zero-order valence-electron chi connectivity index (χ0n) is 9.88. The molecule has 0 fully saturated rings. The van der Waals surface area contributed by atoms with E-state index in [2.05, 4.69) is 11.7 Å². The molecule has 0 aliphatic carbocycles. The molecule has 0 aliphatic rings. The molecule has 1 aromatic heterocycles. The van der Waals surface area contributed by atoms with Crippen molar-refractivity contribution < 1.29 is 9.90 Å². The summed E-state index contributed by atoms with van der Waals surface area (Å²) in [7, 11) is 0. The highest BCUT2D eigenvalue weighted by atomic mass is 16.4. The quantitative estimate of drug-likeness (QED) is 0.833. The fraction of sp³-hybridized carbons (Fsp3) is 0.154. The molecule has 2 rings (SSSR count). The molecular formula is C13H12N2O3. The van der Waals surface area contributed by atoms with E-state index in [4.69, 9.17) is 5.11 Å². The standard InChI is InChI=1S/C13H12N2O3/c1-8(2)7-15-12(16)10-6-4-3-5-9(10)11(14-15)13(17)18/h3-6H,1,7H2,2H3,(H,17,18). The van der Waals surface area contributed by atoms with E-state index in [-0.39, 0.29) is 17.8 Å². The number of carboxylic acids is 1. The van der Waals surface area contributed by atoms with Gasteiger partial charge in [-0.15, -0.1) is 0 Å². The Morgan fingerprint density at radius 3 is 2.56 bits per heavy atom. The number of rotatable bonds is 3. The Balaban J connectivity index is 2.83. The third-order valence-electron chi connectivity index (χ3n) is 2.49. The molecule has 0 saturated carbocycles. The Hall–Kier alpha value is -2.43. The fourth-order valence-electron chi connectivity index (χ4n) is 1.76. The van der Waals surface area contributed by atoms with Gasteiger partial charge in [-0.2, -0.15) is 5.10 Å². The summed E-state index contributed by atoms with van der Waals surface area (Å²) in [5.41, 5.74) is 0.307. The molecule has 0 spiro atoms. The molecule has 0 unspecified atom stereocenters. The van der Waals surface area contributed by atoms with Crippen molar-refractivity contribution in [3.8, 4) is 0 Å². The van der Waals surface area contributed by atoms with Crippen LogP contribution in [0.15, 0.2) is 41.2 Å². The van der Waals surface area contributed by atoms with Crippen molar-refractivity contribution in [1.82, 2.24) is 9.78 Å². The van der Waals surface area contributed by atoms with Gasteiger partial charge >= 0.3 is 5.97 Å². The highest BCUT2D eigenvalue weighted by Gasteiger charge is 2.15. The predicted octanol–water partition coefficient (Wildman–Crippen LogP) is 1.67. The van der Waals surface area contributed by atoms with Crippen molar-refractivity contribution in [2.24, 2.45) is 0 Å². The predicted molar refractivity (Wildman–Crippen MR) is 67.8 cm³/mol. The zero-order chi connectivity index (χ0) is 13.3. The second kappa shape index (κ2) is 4.44. The van der Waals surface area contributed by atoms with Crippen LogP contribution in [0.3, 0.4) is 0 Å². The molecule has 92 valence electrons. The molecule has 0 aliphatic heterocycles. The van der Waals surface area contributed by atoms with E-state index in [1.54, 1.807) is 31.2 Å². The summed E-state index contributed by atoms with van der Waals surface area (Å²) in [6, 6.07) is 6.55. The first-order valence-electron chi connectivity index (χ1n) is 5.38.